The lowest BCUT2D eigenvalue weighted by atomic mass is 10.0. The minimum absolute atomic E-state index is 0.0203. The number of esters is 1. The molecule has 0 spiro atoms. The van der Waals surface area contributed by atoms with E-state index in [-0.39, 0.29) is 30.3 Å². The maximum absolute atomic E-state index is 12.0. The van der Waals surface area contributed by atoms with Crippen LogP contribution >= 0.6 is 0 Å². The lowest BCUT2D eigenvalue weighted by molar-refractivity contribution is -0.142. The Labute approximate surface area is 95.7 Å². The van der Waals surface area contributed by atoms with Gasteiger partial charge in [0.25, 0.3) is 0 Å². The average Bonchev–Trinajstić information content (AvgIpc) is 2.70. The fraction of sp³-hybridized carbons (Fsp3) is 0.818. The van der Waals surface area contributed by atoms with E-state index in [4.69, 9.17) is 4.74 Å². The molecular weight excluding hydrogens is 210 g/mol. The van der Waals surface area contributed by atoms with Gasteiger partial charge >= 0.3 is 5.97 Å². The summed E-state index contributed by atoms with van der Waals surface area (Å²) < 4.78 is 9.87. The van der Waals surface area contributed by atoms with Gasteiger partial charge in [0.2, 0.25) is 5.91 Å². The molecule has 16 heavy (non-hydrogen) atoms. The molecule has 0 aliphatic carbocycles. The van der Waals surface area contributed by atoms with E-state index in [1.54, 1.807) is 11.9 Å². The van der Waals surface area contributed by atoms with E-state index < -0.39 is 0 Å². The normalized spacial score (nSPS) is 24.2. The highest BCUT2D eigenvalue weighted by atomic mass is 16.5. The molecule has 1 heterocycles. The predicted octanol–water partition coefficient (Wildman–Crippen LogP) is 0.433. The minimum atomic E-state index is -0.296. The second kappa shape index (κ2) is 5.84. The third kappa shape index (κ3) is 3.20. The summed E-state index contributed by atoms with van der Waals surface area (Å²) in [5, 5.41) is 0. The van der Waals surface area contributed by atoms with E-state index in [0.29, 0.717) is 13.2 Å². The molecule has 1 fully saturated rings. The van der Waals surface area contributed by atoms with Crippen LogP contribution in [-0.2, 0) is 19.1 Å². The molecule has 0 saturated carbocycles. The van der Waals surface area contributed by atoms with Gasteiger partial charge in [0.1, 0.15) is 0 Å². The number of methoxy groups -OCH3 is 1. The topological polar surface area (TPSA) is 55.8 Å². The Morgan fingerprint density at radius 2 is 2.19 bits per heavy atom. The van der Waals surface area contributed by atoms with E-state index in [9.17, 15) is 9.59 Å². The Balaban J connectivity index is 2.38. The zero-order chi connectivity index (χ0) is 12.1. The Morgan fingerprint density at radius 1 is 1.50 bits per heavy atom. The van der Waals surface area contributed by atoms with Crippen LogP contribution in [0.4, 0.5) is 0 Å². The highest BCUT2D eigenvalue weighted by molar-refractivity contribution is 5.80. The Bertz CT molecular complexity index is 267. The minimum Gasteiger partial charge on any atom is -0.469 e. The number of amides is 1. The first kappa shape index (κ1) is 13.0. The summed E-state index contributed by atoms with van der Waals surface area (Å²) in [6, 6.07) is 0. The number of nitrogens with zero attached hydrogens (tertiary/aromatic N) is 1. The van der Waals surface area contributed by atoms with Crippen LogP contribution in [-0.4, -0.2) is 50.2 Å². The monoisotopic (exact) mass is 229 g/mol. The van der Waals surface area contributed by atoms with Crippen molar-refractivity contribution in [3.8, 4) is 0 Å². The zero-order valence-electron chi connectivity index (χ0n) is 10.1. The summed E-state index contributed by atoms with van der Waals surface area (Å²) in [4.78, 5) is 24.5. The van der Waals surface area contributed by atoms with Crippen LogP contribution in [0.2, 0.25) is 0 Å². The molecule has 2 atom stereocenters. The molecule has 1 aliphatic rings. The van der Waals surface area contributed by atoms with Gasteiger partial charge in [0.05, 0.1) is 25.6 Å². The molecule has 0 aromatic carbocycles. The summed E-state index contributed by atoms with van der Waals surface area (Å²) in [6.45, 7) is 2.95. The summed E-state index contributed by atoms with van der Waals surface area (Å²) in [7, 11) is 3.05. The van der Waals surface area contributed by atoms with Gasteiger partial charge in [-0.05, 0) is 13.3 Å². The van der Waals surface area contributed by atoms with Gasteiger partial charge in [0, 0.05) is 20.2 Å². The fourth-order valence-corrected chi connectivity index (χ4v) is 1.81. The quantitative estimate of drug-likeness (QED) is 0.656. The highest BCUT2D eigenvalue weighted by Gasteiger charge is 2.32. The van der Waals surface area contributed by atoms with Crippen molar-refractivity contribution in [2.45, 2.75) is 25.9 Å². The van der Waals surface area contributed by atoms with Crippen molar-refractivity contribution in [2.24, 2.45) is 5.92 Å². The van der Waals surface area contributed by atoms with Crippen molar-refractivity contribution < 1.29 is 19.1 Å². The Morgan fingerprint density at radius 3 is 2.69 bits per heavy atom. The van der Waals surface area contributed by atoms with E-state index in [1.807, 2.05) is 6.92 Å². The second-order valence-corrected chi connectivity index (χ2v) is 4.06. The molecule has 0 radical (unpaired) electrons. The molecule has 0 bridgehead atoms. The third-order valence-electron chi connectivity index (χ3n) is 2.95. The smallest absolute Gasteiger partial charge is 0.307 e. The number of carbonyl (C=O) groups is 2. The standard InChI is InChI=1S/C11H19NO4/c1-8-9(5-7-16-8)11(14)12(2)6-4-10(13)15-3/h8-9H,4-7H2,1-3H3. The summed E-state index contributed by atoms with van der Waals surface area (Å²) in [5.41, 5.74) is 0. The third-order valence-corrected chi connectivity index (χ3v) is 2.95. The second-order valence-electron chi connectivity index (χ2n) is 4.06. The van der Waals surface area contributed by atoms with Gasteiger partial charge in [-0.15, -0.1) is 0 Å². The SMILES string of the molecule is COC(=O)CCN(C)C(=O)C1CCOC1C. The van der Waals surface area contributed by atoms with E-state index in [1.165, 1.54) is 7.11 Å². The molecule has 0 aromatic heterocycles. The zero-order valence-corrected chi connectivity index (χ0v) is 10.1. The number of hydrogen-bond acceptors (Lipinski definition) is 4. The van der Waals surface area contributed by atoms with Crippen LogP contribution in [0.25, 0.3) is 0 Å². The molecule has 2 unspecified atom stereocenters. The van der Waals surface area contributed by atoms with Crippen LogP contribution < -0.4 is 0 Å². The number of carbonyl (C=O) groups excluding carboxylic acids is 2. The van der Waals surface area contributed by atoms with Gasteiger partial charge in [-0.2, -0.15) is 0 Å². The molecule has 92 valence electrons. The van der Waals surface area contributed by atoms with Gasteiger partial charge in [-0.25, -0.2) is 0 Å². The van der Waals surface area contributed by atoms with Crippen LogP contribution in [0.1, 0.15) is 19.8 Å². The van der Waals surface area contributed by atoms with Crippen molar-refractivity contribution in [2.75, 3.05) is 27.3 Å². The van der Waals surface area contributed by atoms with Crippen molar-refractivity contribution in [1.82, 2.24) is 4.90 Å². The summed E-state index contributed by atoms with van der Waals surface area (Å²) >= 11 is 0. The fourth-order valence-electron chi connectivity index (χ4n) is 1.81. The van der Waals surface area contributed by atoms with Crippen molar-refractivity contribution >= 4 is 11.9 Å². The molecular formula is C11H19NO4. The summed E-state index contributed by atoms with van der Waals surface area (Å²) in [6.07, 6.45) is 0.983. The number of hydrogen-bond donors (Lipinski definition) is 0. The van der Waals surface area contributed by atoms with Crippen molar-refractivity contribution in [3.63, 3.8) is 0 Å². The average molecular weight is 229 g/mol. The maximum Gasteiger partial charge on any atom is 0.307 e. The lowest BCUT2D eigenvalue weighted by Gasteiger charge is -2.22. The molecule has 1 saturated heterocycles. The van der Waals surface area contributed by atoms with E-state index in [2.05, 4.69) is 4.74 Å². The van der Waals surface area contributed by atoms with Gasteiger partial charge in [-0.3, -0.25) is 9.59 Å². The van der Waals surface area contributed by atoms with Gasteiger partial charge < -0.3 is 14.4 Å². The molecule has 0 aromatic rings. The Hall–Kier alpha value is -1.10. The number of rotatable bonds is 4. The predicted molar refractivity (Wildman–Crippen MR) is 57.8 cm³/mol. The molecule has 1 amide bonds. The molecule has 5 nitrogen and oxygen atoms in total. The largest absolute Gasteiger partial charge is 0.469 e. The number of ether oxygens (including phenoxy) is 2. The maximum atomic E-state index is 12.0. The molecule has 5 heteroatoms. The van der Waals surface area contributed by atoms with Crippen molar-refractivity contribution in [1.29, 1.82) is 0 Å². The van der Waals surface area contributed by atoms with E-state index >= 15 is 0 Å². The van der Waals surface area contributed by atoms with Gasteiger partial charge in [0.15, 0.2) is 0 Å². The lowest BCUT2D eigenvalue weighted by Crippen LogP contribution is -2.37. The van der Waals surface area contributed by atoms with Crippen LogP contribution in [0.3, 0.4) is 0 Å². The van der Waals surface area contributed by atoms with Crippen LogP contribution in [0, 0.1) is 5.92 Å². The first-order chi connectivity index (χ1) is 7.56. The molecule has 1 aliphatic heterocycles. The first-order valence-corrected chi connectivity index (χ1v) is 5.49. The van der Waals surface area contributed by atoms with E-state index in [0.717, 1.165) is 6.42 Å². The molecule has 0 N–H and O–H groups in total. The van der Waals surface area contributed by atoms with Crippen LogP contribution in [0.15, 0.2) is 0 Å². The van der Waals surface area contributed by atoms with Crippen molar-refractivity contribution in [3.05, 3.63) is 0 Å². The van der Waals surface area contributed by atoms with Crippen LogP contribution in [0.5, 0.6) is 0 Å². The first-order valence-electron chi connectivity index (χ1n) is 5.49. The highest BCUT2D eigenvalue weighted by Crippen LogP contribution is 2.22. The summed E-state index contributed by atoms with van der Waals surface area (Å²) in [5.74, 6) is -0.313. The molecule has 1 rings (SSSR count). The van der Waals surface area contributed by atoms with Gasteiger partial charge in [-0.1, -0.05) is 0 Å². The Kier molecular flexibility index (Phi) is 4.73.